The van der Waals surface area contributed by atoms with Crippen molar-refractivity contribution in [3.63, 3.8) is 0 Å². The second kappa shape index (κ2) is 19.8. The van der Waals surface area contributed by atoms with E-state index in [2.05, 4.69) is 194 Å². The molecule has 1 aromatic heterocycles. The fourth-order valence-electron chi connectivity index (χ4n) is 11.4. The maximum atomic E-state index is 7.89. The van der Waals surface area contributed by atoms with Gasteiger partial charge < -0.3 is 13.1 Å². The Bertz CT molecular complexity index is 2840. The minimum absolute atomic E-state index is 0.0810. The molecular weight excluding hydrogens is 847 g/mol. The molecule has 0 spiro atoms. The fraction of sp³-hybridized carbons (Fsp3) is 0.267. The maximum absolute atomic E-state index is 7.89. The van der Waals surface area contributed by atoms with E-state index in [4.69, 9.17) is 17.7 Å². The van der Waals surface area contributed by atoms with E-state index >= 15 is 0 Å². The number of rotatable bonds is 13. The molecule has 0 unspecified atom stereocenters. The van der Waals surface area contributed by atoms with Gasteiger partial charge in [-0.05, 0) is 92.9 Å². The Kier molecular flexibility index (Phi) is 12.9. The van der Waals surface area contributed by atoms with Crippen molar-refractivity contribution in [1.82, 2.24) is 0 Å². The average molecular weight is 905 g/mol. The van der Waals surface area contributed by atoms with Gasteiger partial charge >= 0.3 is 8.24 Å². The monoisotopic (exact) mass is 904 g/mol. The van der Waals surface area contributed by atoms with Crippen LogP contribution in [0.2, 0.25) is 0 Å². The lowest BCUT2D eigenvalue weighted by Crippen LogP contribution is -2.40. The van der Waals surface area contributed by atoms with Crippen molar-refractivity contribution >= 4 is 59.6 Å². The molecule has 0 saturated heterocycles. The van der Waals surface area contributed by atoms with Crippen LogP contribution in [0.25, 0.3) is 43.5 Å². The fourth-order valence-corrected chi connectivity index (χ4v) is 17.1. The Labute approximate surface area is 391 Å². The third-order valence-corrected chi connectivity index (χ3v) is 19.5. The van der Waals surface area contributed by atoms with E-state index in [0.717, 1.165) is 60.2 Å². The largest absolute Gasteiger partial charge is 0.399 e. The van der Waals surface area contributed by atoms with Gasteiger partial charge in [-0.2, -0.15) is 0 Å². The first-order valence-corrected chi connectivity index (χ1v) is 26.9. The topological polar surface area (TPSA) is 44.7 Å². The van der Waals surface area contributed by atoms with Crippen LogP contribution in [0.5, 0.6) is 0 Å². The first-order chi connectivity index (χ1) is 32.7. The molecule has 0 bridgehead atoms. The molecular formula is C60H58O4P2. The molecule has 66 heavy (non-hydrogen) atoms. The third-order valence-electron chi connectivity index (χ3n) is 14.4. The molecule has 332 valence electrons. The molecule has 2 aliphatic rings. The third kappa shape index (κ3) is 8.55. The molecule has 0 radical (unpaired) electrons. The van der Waals surface area contributed by atoms with Crippen LogP contribution in [0, 0.1) is 0 Å². The average Bonchev–Trinajstić information content (AvgIpc) is 3.56. The van der Waals surface area contributed by atoms with Crippen LogP contribution in [0.15, 0.2) is 203 Å². The van der Waals surface area contributed by atoms with E-state index in [1.54, 1.807) is 0 Å². The molecule has 6 heteroatoms. The molecule has 8 aromatic carbocycles. The Morgan fingerprint density at radius 3 is 1.33 bits per heavy atom. The molecule has 11 rings (SSSR count). The highest BCUT2D eigenvalue weighted by atomic mass is 31.1. The highest BCUT2D eigenvalue weighted by Gasteiger charge is 2.45. The van der Waals surface area contributed by atoms with Crippen LogP contribution < -0.4 is 4.52 Å². The van der Waals surface area contributed by atoms with Crippen molar-refractivity contribution in [2.24, 2.45) is 0 Å². The smallest absolute Gasteiger partial charge is 0.387 e. The molecule has 2 fully saturated rings. The summed E-state index contributed by atoms with van der Waals surface area (Å²) in [6.07, 6.45) is 12.6. The summed E-state index contributed by atoms with van der Waals surface area (Å²) in [6.45, 7) is 0.317. The van der Waals surface area contributed by atoms with Gasteiger partial charge in [-0.15, -0.1) is 0 Å². The van der Waals surface area contributed by atoms with E-state index in [-0.39, 0.29) is 5.66 Å². The zero-order chi connectivity index (χ0) is 44.1. The van der Waals surface area contributed by atoms with Crippen LogP contribution in [-0.4, -0.2) is 24.0 Å². The van der Waals surface area contributed by atoms with Gasteiger partial charge in [0.2, 0.25) is 0 Å². The Morgan fingerprint density at radius 1 is 0.470 bits per heavy atom. The summed E-state index contributed by atoms with van der Waals surface area (Å²) >= 11 is 0. The van der Waals surface area contributed by atoms with Gasteiger partial charge in [0.15, 0.2) is 0 Å². The van der Waals surface area contributed by atoms with Crippen molar-refractivity contribution in [1.29, 1.82) is 0 Å². The van der Waals surface area contributed by atoms with Crippen LogP contribution >= 0.6 is 16.2 Å². The van der Waals surface area contributed by atoms with E-state index in [9.17, 15) is 0 Å². The zero-order valence-electron chi connectivity index (χ0n) is 37.6. The highest BCUT2D eigenvalue weighted by Crippen LogP contribution is 2.66. The van der Waals surface area contributed by atoms with Gasteiger partial charge in [0.05, 0.1) is 6.61 Å². The molecule has 0 aliphatic heterocycles. The van der Waals surface area contributed by atoms with E-state index < -0.39 is 27.9 Å². The summed E-state index contributed by atoms with van der Waals surface area (Å²) < 4.78 is 30.2. The van der Waals surface area contributed by atoms with Crippen molar-refractivity contribution in [3.05, 3.63) is 216 Å². The van der Waals surface area contributed by atoms with Crippen molar-refractivity contribution in [3.8, 4) is 0 Å². The summed E-state index contributed by atoms with van der Waals surface area (Å²) in [5, 5.41) is 6.67. The number of ether oxygens (including phenoxy) is 1. The summed E-state index contributed by atoms with van der Waals surface area (Å²) in [5.74, 6) is 0. The molecule has 0 N–H and O–H groups in total. The van der Waals surface area contributed by atoms with Gasteiger partial charge in [0, 0.05) is 16.4 Å². The molecule has 4 nitrogen and oxygen atoms in total. The van der Waals surface area contributed by atoms with Crippen molar-refractivity contribution in [2.45, 2.75) is 92.9 Å². The quantitative estimate of drug-likeness (QED) is 0.0854. The predicted molar refractivity (Wildman–Crippen MR) is 277 cm³/mol. The summed E-state index contributed by atoms with van der Waals surface area (Å²) in [5.41, 5.74) is 6.57. The van der Waals surface area contributed by atoms with Crippen LogP contribution in [0.3, 0.4) is 0 Å². The summed E-state index contributed by atoms with van der Waals surface area (Å²) in [7, 11) is -2.56. The highest BCUT2D eigenvalue weighted by molar-refractivity contribution is 7.59. The predicted octanol–water partition coefficient (Wildman–Crippen LogP) is 17.3. The minimum atomic E-state index is -1.98. The lowest BCUT2D eigenvalue weighted by molar-refractivity contribution is -0.0230. The van der Waals surface area contributed by atoms with Crippen LogP contribution in [-0.2, 0) is 10.3 Å². The van der Waals surface area contributed by atoms with Gasteiger partial charge in [0.1, 0.15) is 22.9 Å². The molecule has 9 aromatic rings. The molecule has 2 atom stereocenters. The van der Waals surface area contributed by atoms with Gasteiger partial charge in [-0.3, -0.25) is 4.52 Å². The Hall–Kier alpha value is -5.47. The van der Waals surface area contributed by atoms with E-state index in [0.29, 0.717) is 17.9 Å². The number of hydrogen-bond acceptors (Lipinski definition) is 4. The normalized spacial score (nSPS) is 16.3. The number of fused-ring (bicyclic) bond motifs is 7. The van der Waals surface area contributed by atoms with Crippen molar-refractivity contribution < 1.29 is 17.7 Å². The first kappa shape index (κ1) is 43.1. The van der Waals surface area contributed by atoms with E-state index in [1.807, 2.05) is 0 Å². The van der Waals surface area contributed by atoms with Gasteiger partial charge in [-0.1, -0.05) is 228 Å². The molecule has 2 aliphatic carbocycles. The van der Waals surface area contributed by atoms with Gasteiger partial charge in [-0.25, -0.2) is 0 Å². The SMILES string of the molecule is c1ccc([C@H]([C@H](COC(c2ccccc2)(c2ccccc2)c2ccccc2)Op2oc3ccc4ccccc4c3c3c(ccc4ccccc43)o2)P(C2CCCCC2)C2CCCCC2)cc1. The number of hydrogen-bond donors (Lipinski definition) is 0. The summed E-state index contributed by atoms with van der Waals surface area (Å²) in [6, 6.07) is 69.5. The second-order valence-electron chi connectivity index (χ2n) is 18.3. The minimum Gasteiger partial charge on any atom is -0.399 e. The maximum Gasteiger partial charge on any atom is 0.387 e. The second-order valence-corrected chi connectivity index (χ2v) is 22.3. The zero-order valence-corrected chi connectivity index (χ0v) is 39.4. The van der Waals surface area contributed by atoms with Gasteiger partial charge in [0.25, 0.3) is 0 Å². The Morgan fingerprint density at radius 2 is 0.879 bits per heavy atom. The van der Waals surface area contributed by atoms with Crippen molar-refractivity contribution in [2.75, 3.05) is 6.61 Å². The lowest BCUT2D eigenvalue weighted by atomic mass is 9.80. The first-order valence-electron chi connectivity index (χ1n) is 24.2. The number of benzene rings is 8. The Balaban J connectivity index is 1.15. The van der Waals surface area contributed by atoms with Crippen LogP contribution in [0.1, 0.15) is 92.1 Å². The van der Waals surface area contributed by atoms with E-state index in [1.165, 1.54) is 69.8 Å². The lowest BCUT2D eigenvalue weighted by Gasteiger charge is -2.46. The molecule has 1 heterocycles. The van der Waals surface area contributed by atoms with Crippen LogP contribution in [0.4, 0.5) is 0 Å². The summed E-state index contributed by atoms with van der Waals surface area (Å²) in [4.78, 5) is 0. The molecule has 2 saturated carbocycles. The standard InChI is InChI=1S/C60H58O4P2/c1-7-25-46(26-8-1)59(65(50-33-15-5-16-34-50)51-35-17-6-18-36-51)56(43-61-60(47-27-9-2-10-28-47,48-29-11-3-12-30-48)49-31-13-4-14-32-49)64-66-62-54-41-39-44-23-19-21-37-52(44)57(54)58-53-38-22-20-24-45(53)40-42-55(58)63-66/h1-4,7-14,19-32,37-42,50-51,56,59H,5-6,15-18,33-36,43H2/t56-,59+/m0/s1. The molecule has 0 amide bonds.